The molecule has 0 fully saturated rings. The summed E-state index contributed by atoms with van der Waals surface area (Å²) in [4.78, 5) is 0. The fourth-order valence-corrected chi connectivity index (χ4v) is 2.73. The van der Waals surface area contributed by atoms with E-state index in [2.05, 4.69) is 4.72 Å². The van der Waals surface area contributed by atoms with Gasteiger partial charge in [-0.1, -0.05) is 6.07 Å². The largest absolute Gasteiger partial charge is 0.497 e. The first-order valence-electron chi connectivity index (χ1n) is 6.39. The fraction of sp³-hybridized carbons (Fsp3) is 0.538. The molecule has 1 aliphatic rings. The van der Waals surface area contributed by atoms with Crippen LogP contribution in [-0.2, 0) is 16.6 Å². The maximum Gasteiger partial charge on any atom is 0.278 e. The normalized spacial score (nSPS) is 18.5. The van der Waals surface area contributed by atoms with Crippen molar-refractivity contribution in [2.45, 2.75) is 6.42 Å². The van der Waals surface area contributed by atoms with Crippen LogP contribution in [0.2, 0.25) is 0 Å². The van der Waals surface area contributed by atoms with Crippen molar-refractivity contribution in [3.8, 4) is 11.5 Å². The van der Waals surface area contributed by atoms with Crippen LogP contribution in [0.25, 0.3) is 0 Å². The molecule has 2 rings (SSSR count). The van der Waals surface area contributed by atoms with Gasteiger partial charge >= 0.3 is 0 Å². The molecule has 1 aromatic rings. The van der Waals surface area contributed by atoms with Gasteiger partial charge in [0.2, 0.25) is 0 Å². The molecule has 1 atom stereocenters. The Morgan fingerprint density at radius 2 is 2.20 bits per heavy atom. The summed E-state index contributed by atoms with van der Waals surface area (Å²) in [5.74, 6) is 1.71. The number of ether oxygens (including phenoxy) is 2. The summed E-state index contributed by atoms with van der Waals surface area (Å²) in [6, 6.07) is 5.70. The molecule has 0 saturated carbocycles. The number of benzene rings is 1. The van der Waals surface area contributed by atoms with E-state index in [1.165, 1.54) is 14.1 Å². The quantitative estimate of drug-likeness (QED) is 0.866. The van der Waals surface area contributed by atoms with Crippen LogP contribution in [-0.4, -0.2) is 47.1 Å². The first-order valence-corrected chi connectivity index (χ1v) is 7.83. The van der Waals surface area contributed by atoms with Gasteiger partial charge in [-0.3, -0.25) is 0 Å². The molecule has 6 nitrogen and oxygen atoms in total. The van der Waals surface area contributed by atoms with E-state index in [9.17, 15) is 8.42 Å². The molecule has 1 N–H and O–H groups in total. The van der Waals surface area contributed by atoms with E-state index in [0.717, 1.165) is 27.8 Å². The molecule has 1 unspecified atom stereocenters. The smallest absolute Gasteiger partial charge is 0.278 e. The second-order valence-corrected chi connectivity index (χ2v) is 6.96. The van der Waals surface area contributed by atoms with Gasteiger partial charge in [0.15, 0.2) is 0 Å². The molecule has 0 amide bonds. The summed E-state index contributed by atoms with van der Waals surface area (Å²) in [6.07, 6.45) is 0.787. The Kier molecular flexibility index (Phi) is 4.52. The second kappa shape index (κ2) is 5.99. The van der Waals surface area contributed by atoms with E-state index < -0.39 is 10.2 Å². The van der Waals surface area contributed by atoms with Gasteiger partial charge in [-0.05, 0) is 18.1 Å². The van der Waals surface area contributed by atoms with E-state index in [1.807, 2.05) is 18.2 Å². The lowest BCUT2D eigenvalue weighted by atomic mass is 9.97. The summed E-state index contributed by atoms with van der Waals surface area (Å²) < 4.78 is 37.9. The Morgan fingerprint density at radius 1 is 1.45 bits per heavy atom. The molecule has 1 aliphatic heterocycles. The minimum absolute atomic E-state index is 0.130. The van der Waals surface area contributed by atoms with E-state index in [4.69, 9.17) is 9.47 Å². The maximum absolute atomic E-state index is 11.7. The minimum atomic E-state index is -3.38. The van der Waals surface area contributed by atoms with E-state index in [-0.39, 0.29) is 5.92 Å². The fourth-order valence-electron chi connectivity index (χ4n) is 2.03. The zero-order chi connectivity index (χ0) is 14.8. The number of hydrogen-bond donors (Lipinski definition) is 1. The zero-order valence-corrected chi connectivity index (χ0v) is 12.7. The molecule has 0 aromatic heterocycles. The van der Waals surface area contributed by atoms with Crippen molar-refractivity contribution >= 4 is 10.2 Å². The Balaban J connectivity index is 1.98. The molecule has 0 radical (unpaired) electrons. The molecule has 7 heteroatoms. The number of hydrogen-bond acceptors (Lipinski definition) is 4. The lowest BCUT2D eigenvalue weighted by Crippen LogP contribution is -2.40. The molecule has 0 saturated heterocycles. The van der Waals surface area contributed by atoms with Crippen LogP contribution in [0, 0.1) is 5.92 Å². The van der Waals surface area contributed by atoms with Gasteiger partial charge in [0.1, 0.15) is 11.5 Å². The van der Waals surface area contributed by atoms with Crippen LogP contribution in [0.3, 0.4) is 0 Å². The third kappa shape index (κ3) is 3.41. The van der Waals surface area contributed by atoms with Gasteiger partial charge in [-0.25, -0.2) is 4.72 Å². The van der Waals surface area contributed by atoms with Crippen LogP contribution in [0.1, 0.15) is 5.56 Å². The summed E-state index contributed by atoms with van der Waals surface area (Å²) in [7, 11) is 1.24. The van der Waals surface area contributed by atoms with Crippen molar-refractivity contribution in [1.29, 1.82) is 0 Å². The predicted octanol–water partition coefficient (Wildman–Crippen LogP) is 0.642. The summed E-state index contributed by atoms with van der Waals surface area (Å²) in [5.41, 5.74) is 1.08. The van der Waals surface area contributed by atoms with Crippen molar-refractivity contribution in [1.82, 2.24) is 9.03 Å². The van der Waals surface area contributed by atoms with Gasteiger partial charge in [-0.2, -0.15) is 12.7 Å². The molecule has 1 heterocycles. The highest BCUT2D eigenvalue weighted by Crippen LogP contribution is 2.30. The molecular weight excluding hydrogens is 280 g/mol. The highest BCUT2D eigenvalue weighted by molar-refractivity contribution is 7.87. The SMILES string of the molecule is COc1ccc2c(c1)OCC(CNS(=O)(=O)N(C)C)C2. The van der Waals surface area contributed by atoms with E-state index in [1.54, 1.807) is 7.11 Å². The van der Waals surface area contributed by atoms with Gasteiger partial charge in [0, 0.05) is 32.6 Å². The summed E-state index contributed by atoms with van der Waals surface area (Å²) in [5, 5.41) is 0. The standard InChI is InChI=1S/C13H20N2O4S/c1-15(2)20(16,17)14-8-10-6-11-4-5-12(18-3)7-13(11)19-9-10/h4-5,7,10,14H,6,8-9H2,1-3H3. The van der Waals surface area contributed by atoms with Crippen LogP contribution in [0.15, 0.2) is 18.2 Å². The third-order valence-electron chi connectivity index (χ3n) is 3.29. The molecule has 0 aliphatic carbocycles. The number of fused-ring (bicyclic) bond motifs is 1. The maximum atomic E-state index is 11.7. The lowest BCUT2D eigenvalue weighted by Gasteiger charge is -2.26. The van der Waals surface area contributed by atoms with Gasteiger partial charge in [0.25, 0.3) is 10.2 Å². The van der Waals surface area contributed by atoms with Gasteiger partial charge < -0.3 is 9.47 Å². The highest BCUT2D eigenvalue weighted by Gasteiger charge is 2.22. The predicted molar refractivity (Wildman–Crippen MR) is 76.3 cm³/mol. The first-order chi connectivity index (χ1) is 9.42. The lowest BCUT2D eigenvalue weighted by molar-refractivity contribution is 0.222. The first kappa shape index (κ1) is 15.1. The number of nitrogens with one attached hydrogen (secondary N) is 1. The molecule has 0 bridgehead atoms. The highest BCUT2D eigenvalue weighted by atomic mass is 32.2. The van der Waals surface area contributed by atoms with Crippen LogP contribution in [0.5, 0.6) is 11.5 Å². The number of rotatable bonds is 5. The molecule has 20 heavy (non-hydrogen) atoms. The average Bonchev–Trinajstić information content (AvgIpc) is 2.44. The van der Waals surface area contributed by atoms with E-state index in [0.29, 0.717) is 13.2 Å². The topological polar surface area (TPSA) is 67.9 Å². The van der Waals surface area contributed by atoms with Gasteiger partial charge in [0.05, 0.1) is 13.7 Å². The monoisotopic (exact) mass is 300 g/mol. The molecule has 1 aromatic carbocycles. The van der Waals surface area contributed by atoms with Crippen molar-refractivity contribution in [2.75, 3.05) is 34.4 Å². The third-order valence-corrected chi connectivity index (χ3v) is 4.79. The number of methoxy groups -OCH3 is 1. The molecule has 112 valence electrons. The van der Waals surface area contributed by atoms with Crippen LogP contribution >= 0.6 is 0 Å². The average molecular weight is 300 g/mol. The molecular formula is C13H20N2O4S. The Hall–Kier alpha value is -1.31. The van der Waals surface area contributed by atoms with E-state index >= 15 is 0 Å². The Bertz CT molecular complexity index is 572. The summed E-state index contributed by atoms with van der Waals surface area (Å²) in [6.45, 7) is 0.863. The van der Waals surface area contributed by atoms with Gasteiger partial charge in [-0.15, -0.1) is 0 Å². The molecule has 0 spiro atoms. The summed E-state index contributed by atoms with van der Waals surface area (Å²) >= 11 is 0. The Labute approximate surface area is 119 Å². The van der Waals surface area contributed by atoms with Crippen LogP contribution < -0.4 is 14.2 Å². The minimum Gasteiger partial charge on any atom is -0.497 e. The van der Waals surface area contributed by atoms with Crippen molar-refractivity contribution in [3.05, 3.63) is 23.8 Å². The Morgan fingerprint density at radius 3 is 2.85 bits per heavy atom. The van der Waals surface area contributed by atoms with Crippen molar-refractivity contribution < 1.29 is 17.9 Å². The second-order valence-electron chi connectivity index (χ2n) is 4.99. The van der Waals surface area contributed by atoms with Crippen molar-refractivity contribution in [2.24, 2.45) is 5.92 Å². The zero-order valence-electron chi connectivity index (χ0n) is 11.9. The number of nitrogens with zero attached hydrogens (tertiary/aromatic N) is 1. The van der Waals surface area contributed by atoms with Crippen molar-refractivity contribution in [3.63, 3.8) is 0 Å². The van der Waals surface area contributed by atoms with Crippen LogP contribution in [0.4, 0.5) is 0 Å².